The van der Waals surface area contributed by atoms with E-state index in [4.69, 9.17) is 5.73 Å². The third-order valence-electron chi connectivity index (χ3n) is 2.34. The summed E-state index contributed by atoms with van der Waals surface area (Å²) in [5.41, 5.74) is 5.11. The Labute approximate surface area is 118 Å². The van der Waals surface area contributed by atoms with E-state index in [1.807, 2.05) is 0 Å². The number of rotatable bonds is 5. The summed E-state index contributed by atoms with van der Waals surface area (Å²) in [6.45, 7) is 0.0339. The van der Waals surface area contributed by atoms with Crippen molar-refractivity contribution in [2.45, 2.75) is 12.8 Å². The molecule has 3 N–H and O–H groups in total. The molecule has 0 saturated carbocycles. The first-order valence-electron chi connectivity index (χ1n) is 5.73. The van der Waals surface area contributed by atoms with Gasteiger partial charge in [0.25, 0.3) is 5.91 Å². The van der Waals surface area contributed by atoms with Crippen LogP contribution in [0.3, 0.4) is 0 Å². The zero-order valence-electron chi connectivity index (χ0n) is 11.0. The molecule has 0 unspecified atom stereocenters. The van der Waals surface area contributed by atoms with Gasteiger partial charge in [0.05, 0.1) is 19.2 Å². The minimum absolute atomic E-state index is 0.0208. The van der Waals surface area contributed by atoms with Crippen molar-refractivity contribution in [1.82, 2.24) is 5.32 Å². The van der Waals surface area contributed by atoms with Crippen molar-refractivity contribution in [3.63, 3.8) is 0 Å². The van der Waals surface area contributed by atoms with E-state index in [9.17, 15) is 22.8 Å². The first kappa shape index (κ1) is 16.6. The number of carbonyl (C=O) groups excluding carboxylic acids is 2. The van der Waals surface area contributed by atoms with Crippen LogP contribution in [-0.2, 0) is 9.53 Å². The molecule has 9 heteroatoms. The van der Waals surface area contributed by atoms with Gasteiger partial charge in [0.2, 0.25) is 0 Å². The van der Waals surface area contributed by atoms with E-state index in [1.54, 1.807) is 0 Å². The Kier molecular flexibility index (Phi) is 5.39. The number of nitrogen functional groups attached to an aromatic ring is 1. The second kappa shape index (κ2) is 6.82. The summed E-state index contributed by atoms with van der Waals surface area (Å²) < 4.78 is 44.2. The maximum atomic E-state index is 12.1. The van der Waals surface area contributed by atoms with Crippen LogP contribution in [0.4, 0.5) is 18.9 Å². The number of esters is 1. The lowest BCUT2D eigenvalue weighted by Crippen LogP contribution is -2.26. The Morgan fingerprint density at radius 2 is 2.00 bits per heavy atom. The molecule has 6 nitrogen and oxygen atoms in total. The van der Waals surface area contributed by atoms with Gasteiger partial charge in [-0.3, -0.25) is 9.59 Å². The lowest BCUT2D eigenvalue weighted by molar-refractivity contribution is -0.274. The number of ether oxygens (including phenoxy) is 2. The summed E-state index contributed by atoms with van der Waals surface area (Å²) in [5.74, 6) is -1.67. The number of hydrogen-bond donors (Lipinski definition) is 2. The maximum absolute atomic E-state index is 12.1. The van der Waals surface area contributed by atoms with Crippen molar-refractivity contribution in [3.05, 3.63) is 23.8 Å². The van der Waals surface area contributed by atoms with Crippen LogP contribution >= 0.6 is 0 Å². The number of anilines is 1. The topological polar surface area (TPSA) is 90.6 Å². The van der Waals surface area contributed by atoms with Crippen molar-refractivity contribution in [2.24, 2.45) is 0 Å². The summed E-state index contributed by atoms with van der Waals surface area (Å²) in [7, 11) is 1.21. The lowest BCUT2D eigenvalue weighted by Gasteiger charge is -2.12. The molecule has 0 bridgehead atoms. The highest BCUT2D eigenvalue weighted by Gasteiger charge is 2.32. The Morgan fingerprint density at radius 1 is 1.33 bits per heavy atom. The first-order chi connectivity index (χ1) is 9.73. The van der Waals surface area contributed by atoms with Crippen LogP contribution in [0.2, 0.25) is 0 Å². The van der Waals surface area contributed by atoms with E-state index in [-0.39, 0.29) is 24.2 Å². The monoisotopic (exact) mass is 306 g/mol. The second-order valence-corrected chi connectivity index (χ2v) is 3.88. The third kappa shape index (κ3) is 5.59. The molecule has 0 aliphatic heterocycles. The van der Waals surface area contributed by atoms with Crippen LogP contribution in [0.15, 0.2) is 18.2 Å². The number of alkyl halides is 3. The Morgan fingerprint density at radius 3 is 2.52 bits per heavy atom. The van der Waals surface area contributed by atoms with Crippen LogP contribution in [0.1, 0.15) is 16.8 Å². The standard InChI is InChI=1S/C12H13F3N2O4/c1-20-10(18)4-5-17-11(19)7-2-3-9(8(16)6-7)21-12(13,14)15/h2-3,6H,4-5,16H2,1H3,(H,17,19). The van der Waals surface area contributed by atoms with E-state index >= 15 is 0 Å². The third-order valence-corrected chi connectivity index (χ3v) is 2.34. The summed E-state index contributed by atoms with van der Waals surface area (Å²) >= 11 is 0. The van der Waals surface area contributed by atoms with Gasteiger partial charge in [-0.05, 0) is 18.2 Å². The minimum Gasteiger partial charge on any atom is -0.469 e. The fourth-order valence-electron chi connectivity index (χ4n) is 1.39. The molecule has 0 aliphatic carbocycles. The number of hydrogen-bond acceptors (Lipinski definition) is 5. The Balaban J connectivity index is 2.66. The van der Waals surface area contributed by atoms with Crippen LogP contribution in [0, 0.1) is 0 Å². The predicted molar refractivity (Wildman–Crippen MR) is 66.5 cm³/mol. The molecular formula is C12H13F3N2O4. The molecule has 0 heterocycles. The number of nitrogens with two attached hydrogens (primary N) is 1. The molecule has 1 amide bonds. The summed E-state index contributed by atoms with van der Waals surface area (Å²) in [4.78, 5) is 22.5. The average Bonchev–Trinajstić information content (AvgIpc) is 2.39. The summed E-state index contributed by atoms with van der Waals surface area (Å²) in [6, 6.07) is 3.12. The summed E-state index contributed by atoms with van der Waals surface area (Å²) in [5, 5.41) is 2.40. The van der Waals surface area contributed by atoms with Gasteiger partial charge in [-0.2, -0.15) is 0 Å². The fourth-order valence-corrected chi connectivity index (χ4v) is 1.39. The second-order valence-electron chi connectivity index (χ2n) is 3.88. The highest BCUT2D eigenvalue weighted by Crippen LogP contribution is 2.28. The van der Waals surface area contributed by atoms with Gasteiger partial charge in [-0.15, -0.1) is 13.2 Å². The van der Waals surface area contributed by atoms with Crippen molar-refractivity contribution in [2.75, 3.05) is 19.4 Å². The van der Waals surface area contributed by atoms with Crippen LogP contribution < -0.4 is 15.8 Å². The smallest absolute Gasteiger partial charge is 0.469 e. The van der Waals surface area contributed by atoms with Gasteiger partial charge in [0.15, 0.2) is 5.75 Å². The Hall–Kier alpha value is -2.45. The Bertz CT molecular complexity index is 532. The number of amides is 1. The molecule has 1 rings (SSSR count). The largest absolute Gasteiger partial charge is 0.573 e. The van der Waals surface area contributed by atoms with Crippen molar-refractivity contribution >= 4 is 17.6 Å². The quantitative estimate of drug-likeness (QED) is 0.635. The molecule has 0 fully saturated rings. The van der Waals surface area contributed by atoms with Crippen LogP contribution in [0.25, 0.3) is 0 Å². The van der Waals surface area contributed by atoms with Gasteiger partial charge in [-0.25, -0.2) is 0 Å². The molecule has 0 spiro atoms. The molecule has 0 aromatic heterocycles. The average molecular weight is 306 g/mol. The highest BCUT2D eigenvalue weighted by molar-refractivity contribution is 5.95. The zero-order chi connectivity index (χ0) is 16.0. The van der Waals surface area contributed by atoms with E-state index in [0.717, 1.165) is 18.2 Å². The summed E-state index contributed by atoms with van der Waals surface area (Å²) in [6.07, 6.45) is -4.88. The molecule has 0 aliphatic rings. The minimum atomic E-state index is -4.86. The molecule has 116 valence electrons. The van der Waals surface area contributed by atoms with E-state index in [0.29, 0.717) is 0 Å². The number of nitrogens with one attached hydrogen (secondary N) is 1. The van der Waals surface area contributed by atoms with Gasteiger partial charge < -0.3 is 20.5 Å². The van der Waals surface area contributed by atoms with Crippen molar-refractivity contribution in [3.8, 4) is 5.75 Å². The molecule has 21 heavy (non-hydrogen) atoms. The predicted octanol–water partition coefficient (Wildman–Crippen LogP) is 1.46. The molecule has 1 aromatic carbocycles. The number of carbonyl (C=O) groups is 2. The molecule has 1 aromatic rings. The maximum Gasteiger partial charge on any atom is 0.573 e. The lowest BCUT2D eigenvalue weighted by atomic mass is 10.1. The first-order valence-corrected chi connectivity index (χ1v) is 5.73. The van der Waals surface area contributed by atoms with Gasteiger partial charge in [-0.1, -0.05) is 0 Å². The molecule has 0 radical (unpaired) electrons. The number of benzene rings is 1. The highest BCUT2D eigenvalue weighted by atomic mass is 19.4. The van der Waals surface area contributed by atoms with Gasteiger partial charge in [0.1, 0.15) is 0 Å². The number of methoxy groups -OCH3 is 1. The van der Waals surface area contributed by atoms with E-state index in [1.165, 1.54) is 7.11 Å². The van der Waals surface area contributed by atoms with E-state index < -0.39 is 24.0 Å². The number of halogens is 3. The normalized spacial score (nSPS) is 10.9. The fraction of sp³-hybridized carbons (Fsp3) is 0.333. The van der Waals surface area contributed by atoms with Gasteiger partial charge in [0, 0.05) is 12.1 Å². The van der Waals surface area contributed by atoms with Crippen molar-refractivity contribution < 1.29 is 32.2 Å². The van der Waals surface area contributed by atoms with Crippen LogP contribution in [0.5, 0.6) is 5.75 Å². The molecule has 0 saturated heterocycles. The molecule has 0 atom stereocenters. The van der Waals surface area contributed by atoms with Crippen molar-refractivity contribution in [1.29, 1.82) is 0 Å². The van der Waals surface area contributed by atoms with E-state index in [2.05, 4.69) is 14.8 Å². The van der Waals surface area contributed by atoms with Gasteiger partial charge >= 0.3 is 12.3 Å². The molecular weight excluding hydrogens is 293 g/mol. The zero-order valence-corrected chi connectivity index (χ0v) is 11.0. The SMILES string of the molecule is COC(=O)CCNC(=O)c1ccc(OC(F)(F)F)c(N)c1. The van der Waals surface area contributed by atoms with Crippen LogP contribution in [-0.4, -0.2) is 31.9 Å².